The van der Waals surface area contributed by atoms with Gasteiger partial charge in [-0.1, -0.05) is 35.4 Å². The van der Waals surface area contributed by atoms with Crippen LogP contribution in [0.15, 0.2) is 35.4 Å². The molecule has 1 aromatic rings. The lowest BCUT2D eigenvalue weighted by Gasteiger charge is -2.30. The van der Waals surface area contributed by atoms with Crippen LogP contribution < -0.4 is 0 Å². The van der Waals surface area contributed by atoms with Gasteiger partial charge in [0.15, 0.2) is 0 Å². The van der Waals surface area contributed by atoms with Gasteiger partial charge in [-0.05, 0) is 36.3 Å². The zero-order chi connectivity index (χ0) is 16.1. The predicted octanol–water partition coefficient (Wildman–Crippen LogP) is 3.28. The lowest BCUT2D eigenvalue weighted by atomic mass is 10.1. The topological polar surface area (TPSA) is 78.3 Å². The Hall–Kier alpha value is -2.04. The molecule has 1 saturated heterocycles. The number of azide groups is 1. The van der Waals surface area contributed by atoms with Crippen molar-refractivity contribution in [3.8, 4) is 0 Å². The smallest absolute Gasteiger partial charge is 0.223 e. The van der Waals surface area contributed by atoms with E-state index < -0.39 is 0 Å². The van der Waals surface area contributed by atoms with Crippen molar-refractivity contribution in [3.63, 3.8) is 0 Å². The second kappa shape index (κ2) is 7.49. The highest BCUT2D eigenvalue weighted by Crippen LogP contribution is 2.32. The number of nitrogens with zero attached hydrogens (tertiary/aromatic N) is 4. The maximum atomic E-state index is 12.3. The summed E-state index contributed by atoms with van der Waals surface area (Å²) in [6.45, 7) is 1.68. The van der Waals surface area contributed by atoms with Gasteiger partial charge in [0.05, 0.1) is 18.8 Å². The van der Waals surface area contributed by atoms with Gasteiger partial charge in [-0.25, -0.2) is 0 Å². The third kappa shape index (κ3) is 3.84. The molecule has 3 unspecified atom stereocenters. The molecular weight excluding hydrogens is 292 g/mol. The fourth-order valence-electron chi connectivity index (χ4n) is 3.64. The molecule has 3 atom stereocenters. The summed E-state index contributed by atoms with van der Waals surface area (Å²) in [5.41, 5.74) is 9.59. The van der Waals surface area contributed by atoms with E-state index in [-0.39, 0.29) is 24.0 Å². The summed E-state index contributed by atoms with van der Waals surface area (Å²) >= 11 is 0. The van der Waals surface area contributed by atoms with Crippen molar-refractivity contribution in [2.45, 2.75) is 44.4 Å². The minimum atomic E-state index is 0.109. The van der Waals surface area contributed by atoms with E-state index in [2.05, 4.69) is 22.2 Å². The van der Waals surface area contributed by atoms with Gasteiger partial charge in [0.2, 0.25) is 5.91 Å². The first kappa shape index (κ1) is 15.8. The van der Waals surface area contributed by atoms with Gasteiger partial charge in [0.25, 0.3) is 0 Å². The lowest BCUT2D eigenvalue weighted by molar-refractivity contribution is -0.132. The van der Waals surface area contributed by atoms with Crippen LogP contribution in [0.5, 0.6) is 0 Å². The zero-order valence-corrected chi connectivity index (χ0v) is 13.2. The van der Waals surface area contributed by atoms with E-state index >= 15 is 0 Å². The van der Waals surface area contributed by atoms with Gasteiger partial charge in [-0.3, -0.25) is 4.79 Å². The number of hydrogen-bond acceptors (Lipinski definition) is 3. The largest absolute Gasteiger partial charge is 0.371 e. The molecule has 2 fully saturated rings. The Labute approximate surface area is 136 Å². The Morgan fingerprint density at radius 3 is 2.91 bits per heavy atom. The van der Waals surface area contributed by atoms with Crippen LogP contribution in [0.25, 0.3) is 10.4 Å². The number of carbonyl (C=O) groups excluding carboxylic acids is 1. The van der Waals surface area contributed by atoms with Crippen molar-refractivity contribution in [2.75, 3.05) is 13.1 Å². The molecule has 3 rings (SSSR count). The number of likely N-dealkylation sites (tertiary alicyclic amines) is 1. The maximum Gasteiger partial charge on any atom is 0.223 e. The number of amides is 1. The van der Waals surface area contributed by atoms with E-state index in [1.807, 2.05) is 23.1 Å². The molecule has 2 aliphatic rings. The van der Waals surface area contributed by atoms with Gasteiger partial charge < -0.3 is 9.64 Å². The monoisotopic (exact) mass is 314 g/mol. The second-order valence-corrected chi connectivity index (χ2v) is 6.36. The summed E-state index contributed by atoms with van der Waals surface area (Å²) in [7, 11) is 0. The first-order valence-electron chi connectivity index (χ1n) is 8.24. The second-order valence-electron chi connectivity index (χ2n) is 6.36. The van der Waals surface area contributed by atoms with E-state index in [1.165, 1.54) is 0 Å². The summed E-state index contributed by atoms with van der Waals surface area (Å²) in [5, 5.41) is 3.61. The van der Waals surface area contributed by atoms with Crippen LogP contribution in [0.2, 0.25) is 0 Å². The summed E-state index contributed by atoms with van der Waals surface area (Å²) in [6.07, 6.45) is 3.69. The third-order valence-electron chi connectivity index (χ3n) is 4.77. The third-order valence-corrected chi connectivity index (χ3v) is 4.77. The van der Waals surface area contributed by atoms with E-state index in [1.54, 1.807) is 0 Å². The van der Waals surface area contributed by atoms with E-state index in [4.69, 9.17) is 10.3 Å². The number of hydrogen-bond donors (Lipinski definition) is 0. The Morgan fingerprint density at radius 2 is 2.13 bits per heavy atom. The van der Waals surface area contributed by atoms with Gasteiger partial charge in [-0.15, -0.1) is 0 Å². The van der Waals surface area contributed by atoms with Crippen molar-refractivity contribution >= 4 is 5.91 Å². The molecule has 0 aromatic heterocycles. The van der Waals surface area contributed by atoms with Crippen LogP contribution in [0, 0.1) is 5.92 Å². The fourth-order valence-corrected chi connectivity index (χ4v) is 3.64. The molecule has 6 nitrogen and oxygen atoms in total. The first-order chi connectivity index (χ1) is 11.3. The molecule has 0 bridgehead atoms. The average Bonchev–Trinajstić information content (AvgIpc) is 3.18. The lowest BCUT2D eigenvalue weighted by Crippen LogP contribution is -2.42. The van der Waals surface area contributed by atoms with Crippen molar-refractivity contribution in [2.24, 2.45) is 11.0 Å². The molecule has 1 amide bonds. The summed E-state index contributed by atoms with van der Waals surface area (Å²) in [4.78, 5) is 17.0. The molecule has 1 aliphatic heterocycles. The maximum absolute atomic E-state index is 12.3. The first-order valence-corrected chi connectivity index (χ1v) is 8.24. The van der Waals surface area contributed by atoms with Crippen molar-refractivity contribution in [3.05, 3.63) is 46.3 Å². The normalized spacial score (nSPS) is 27.2. The Morgan fingerprint density at radius 1 is 1.30 bits per heavy atom. The van der Waals surface area contributed by atoms with Gasteiger partial charge >= 0.3 is 0 Å². The van der Waals surface area contributed by atoms with E-state index in [0.29, 0.717) is 26.1 Å². The number of ether oxygens (including phenoxy) is 1. The minimum absolute atomic E-state index is 0.109. The Balaban J connectivity index is 1.58. The highest BCUT2D eigenvalue weighted by atomic mass is 16.5. The zero-order valence-electron chi connectivity index (χ0n) is 13.2. The average molecular weight is 314 g/mol. The standard InChI is InChI=1S/C17H22N4O2/c18-20-19-10-14-9-17(22)21(11-14)15-7-4-8-16(15)23-12-13-5-2-1-3-6-13/h1-3,5-6,14-16H,4,7-12H2. The summed E-state index contributed by atoms with van der Waals surface area (Å²) in [6, 6.07) is 10.3. The van der Waals surface area contributed by atoms with Crippen molar-refractivity contribution in [1.29, 1.82) is 0 Å². The number of rotatable bonds is 6. The minimum Gasteiger partial charge on any atom is -0.371 e. The summed E-state index contributed by atoms with van der Waals surface area (Å²) < 4.78 is 6.10. The highest BCUT2D eigenvalue weighted by Gasteiger charge is 2.40. The van der Waals surface area contributed by atoms with Crippen LogP contribution in [0.3, 0.4) is 0 Å². The van der Waals surface area contributed by atoms with Crippen molar-refractivity contribution in [1.82, 2.24) is 4.90 Å². The Kier molecular flexibility index (Phi) is 5.16. The predicted molar refractivity (Wildman–Crippen MR) is 86.5 cm³/mol. The van der Waals surface area contributed by atoms with Crippen LogP contribution >= 0.6 is 0 Å². The summed E-state index contributed by atoms with van der Waals surface area (Å²) in [5.74, 6) is 0.317. The van der Waals surface area contributed by atoms with Crippen molar-refractivity contribution < 1.29 is 9.53 Å². The fraction of sp³-hybridized carbons (Fsp3) is 0.588. The quantitative estimate of drug-likeness (QED) is 0.459. The molecule has 1 aromatic carbocycles. The molecule has 1 saturated carbocycles. The molecule has 0 N–H and O–H groups in total. The van der Waals surface area contributed by atoms with Crippen LogP contribution in [0.4, 0.5) is 0 Å². The molecular formula is C17H22N4O2. The van der Waals surface area contributed by atoms with Gasteiger partial charge in [-0.2, -0.15) is 0 Å². The van der Waals surface area contributed by atoms with Crippen LogP contribution in [0.1, 0.15) is 31.2 Å². The highest BCUT2D eigenvalue weighted by molar-refractivity contribution is 5.79. The molecule has 0 radical (unpaired) electrons. The molecule has 6 heteroatoms. The number of carbonyl (C=O) groups is 1. The SMILES string of the molecule is [N-]=[N+]=NCC1CC(=O)N(C2CCCC2OCc2ccccc2)C1. The molecule has 122 valence electrons. The molecule has 0 spiro atoms. The molecule has 1 heterocycles. The molecule has 23 heavy (non-hydrogen) atoms. The van der Waals surface area contributed by atoms with E-state index in [9.17, 15) is 4.79 Å². The van der Waals surface area contributed by atoms with Gasteiger partial charge in [0, 0.05) is 24.4 Å². The number of benzene rings is 1. The van der Waals surface area contributed by atoms with E-state index in [0.717, 1.165) is 24.8 Å². The van der Waals surface area contributed by atoms with Crippen LogP contribution in [-0.4, -0.2) is 36.0 Å². The Bertz CT molecular complexity index is 586. The van der Waals surface area contributed by atoms with Crippen LogP contribution in [-0.2, 0) is 16.1 Å². The van der Waals surface area contributed by atoms with Gasteiger partial charge in [0.1, 0.15) is 0 Å². The molecule has 1 aliphatic carbocycles.